The minimum Gasteiger partial charge on any atom is -0.464 e. The standard InChI is InChI=1S/C18H23FN2O5S/c1-3-11-20-27(24,25)15-12-13(7-8-14(15)19)16(22)21-18(9-5-6-10-18)17(23)26-4-2/h3,7-8,12,20H,1,4-6,9-11H2,2H3,(H,21,22). The van der Waals surface area contributed by atoms with Gasteiger partial charge in [0.2, 0.25) is 10.0 Å². The van der Waals surface area contributed by atoms with Gasteiger partial charge in [0.25, 0.3) is 5.91 Å². The minimum atomic E-state index is -4.14. The number of hydrogen-bond acceptors (Lipinski definition) is 5. The normalized spacial score (nSPS) is 15.9. The maximum absolute atomic E-state index is 14.0. The minimum absolute atomic E-state index is 0.0639. The second-order valence-electron chi connectivity index (χ2n) is 6.25. The predicted molar refractivity (Wildman–Crippen MR) is 97.1 cm³/mol. The van der Waals surface area contributed by atoms with E-state index < -0.39 is 38.2 Å². The Balaban J connectivity index is 2.30. The van der Waals surface area contributed by atoms with Crippen LogP contribution < -0.4 is 10.0 Å². The molecule has 0 aliphatic heterocycles. The van der Waals surface area contributed by atoms with Crippen molar-refractivity contribution in [3.8, 4) is 0 Å². The zero-order valence-electron chi connectivity index (χ0n) is 15.1. The molecule has 0 heterocycles. The quantitative estimate of drug-likeness (QED) is 0.514. The molecule has 1 aliphatic carbocycles. The third kappa shape index (κ3) is 4.72. The Kier molecular flexibility index (Phi) is 6.72. The summed E-state index contributed by atoms with van der Waals surface area (Å²) in [6.45, 7) is 5.18. The summed E-state index contributed by atoms with van der Waals surface area (Å²) in [5.41, 5.74) is -1.20. The van der Waals surface area contributed by atoms with Crippen molar-refractivity contribution < 1.29 is 27.1 Å². The Morgan fingerprint density at radius 3 is 2.59 bits per heavy atom. The number of rotatable bonds is 8. The van der Waals surface area contributed by atoms with Gasteiger partial charge in [-0.1, -0.05) is 18.9 Å². The third-order valence-corrected chi connectivity index (χ3v) is 5.82. The summed E-state index contributed by atoms with van der Waals surface area (Å²) in [6, 6.07) is 3.03. The van der Waals surface area contributed by atoms with Gasteiger partial charge in [-0.3, -0.25) is 4.79 Å². The Morgan fingerprint density at radius 2 is 2.00 bits per heavy atom. The van der Waals surface area contributed by atoms with E-state index in [1.54, 1.807) is 6.92 Å². The number of ether oxygens (including phenoxy) is 1. The Hall–Kier alpha value is -2.26. The van der Waals surface area contributed by atoms with Crippen LogP contribution in [-0.2, 0) is 19.6 Å². The average molecular weight is 398 g/mol. The summed E-state index contributed by atoms with van der Waals surface area (Å²) in [4.78, 5) is 24.3. The molecular formula is C18H23FN2O5S. The van der Waals surface area contributed by atoms with Gasteiger partial charge in [0.05, 0.1) is 6.61 Å². The number of hydrogen-bond donors (Lipinski definition) is 2. The van der Waals surface area contributed by atoms with Gasteiger partial charge in [-0.05, 0) is 38.0 Å². The fourth-order valence-electron chi connectivity index (χ4n) is 3.01. The number of esters is 1. The molecule has 9 heteroatoms. The molecule has 7 nitrogen and oxygen atoms in total. The van der Waals surface area contributed by atoms with E-state index in [4.69, 9.17) is 4.74 Å². The van der Waals surface area contributed by atoms with Gasteiger partial charge >= 0.3 is 5.97 Å². The summed E-state index contributed by atoms with van der Waals surface area (Å²) >= 11 is 0. The van der Waals surface area contributed by atoms with E-state index in [2.05, 4.69) is 16.6 Å². The molecule has 148 valence electrons. The maximum atomic E-state index is 14.0. The van der Waals surface area contributed by atoms with Crippen molar-refractivity contribution in [3.63, 3.8) is 0 Å². The maximum Gasteiger partial charge on any atom is 0.331 e. The van der Waals surface area contributed by atoms with Crippen LogP contribution in [0.2, 0.25) is 0 Å². The first-order chi connectivity index (χ1) is 12.8. The summed E-state index contributed by atoms with van der Waals surface area (Å²) in [7, 11) is -4.14. The molecule has 0 aromatic heterocycles. The van der Waals surface area contributed by atoms with Crippen LogP contribution in [0.1, 0.15) is 43.0 Å². The fraction of sp³-hybridized carbons (Fsp3) is 0.444. The van der Waals surface area contributed by atoms with Crippen molar-refractivity contribution >= 4 is 21.9 Å². The van der Waals surface area contributed by atoms with E-state index >= 15 is 0 Å². The number of amides is 1. The van der Waals surface area contributed by atoms with Gasteiger partial charge in [0.1, 0.15) is 16.3 Å². The van der Waals surface area contributed by atoms with E-state index in [9.17, 15) is 22.4 Å². The first kappa shape index (κ1) is 21.0. The lowest BCUT2D eigenvalue weighted by atomic mass is 9.97. The van der Waals surface area contributed by atoms with Crippen LogP contribution in [0.15, 0.2) is 35.7 Å². The summed E-state index contributed by atoms with van der Waals surface area (Å²) in [6.07, 6.45) is 3.70. The van der Waals surface area contributed by atoms with Crippen molar-refractivity contribution in [2.24, 2.45) is 0 Å². The SMILES string of the molecule is C=CCNS(=O)(=O)c1cc(C(=O)NC2(C(=O)OCC)CCCC2)ccc1F. The molecule has 0 atom stereocenters. The predicted octanol–water partition coefficient (Wildman–Crippen LogP) is 1.90. The second-order valence-corrected chi connectivity index (χ2v) is 7.98. The van der Waals surface area contributed by atoms with Crippen molar-refractivity contribution in [2.75, 3.05) is 13.2 Å². The molecule has 1 saturated carbocycles. The van der Waals surface area contributed by atoms with Crippen LogP contribution in [0.4, 0.5) is 4.39 Å². The molecular weight excluding hydrogens is 375 g/mol. The molecule has 0 saturated heterocycles. The van der Waals surface area contributed by atoms with Gasteiger partial charge in [-0.15, -0.1) is 6.58 Å². The summed E-state index contributed by atoms with van der Waals surface area (Å²) in [5.74, 6) is -2.16. The number of benzene rings is 1. The van der Waals surface area contributed by atoms with Crippen LogP contribution in [-0.4, -0.2) is 39.0 Å². The van der Waals surface area contributed by atoms with Crippen molar-refractivity contribution in [1.29, 1.82) is 0 Å². The molecule has 1 fully saturated rings. The molecule has 1 aliphatic rings. The van der Waals surface area contributed by atoms with E-state index in [1.807, 2.05) is 0 Å². The number of carbonyl (C=O) groups excluding carboxylic acids is 2. The van der Waals surface area contributed by atoms with Gasteiger partial charge in [0.15, 0.2) is 0 Å². The highest BCUT2D eigenvalue weighted by atomic mass is 32.2. The van der Waals surface area contributed by atoms with Crippen LogP contribution in [0, 0.1) is 5.82 Å². The van der Waals surface area contributed by atoms with Crippen LogP contribution in [0.25, 0.3) is 0 Å². The first-order valence-corrected chi connectivity index (χ1v) is 10.1. The zero-order valence-corrected chi connectivity index (χ0v) is 15.9. The molecule has 0 radical (unpaired) electrons. The van der Waals surface area contributed by atoms with Gasteiger partial charge in [-0.25, -0.2) is 22.3 Å². The van der Waals surface area contributed by atoms with Gasteiger partial charge in [-0.2, -0.15) is 0 Å². The third-order valence-electron chi connectivity index (χ3n) is 4.38. The number of halogens is 1. The largest absolute Gasteiger partial charge is 0.464 e. The Labute approximate surface area is 158 Å². The monoisotopic (exact) mass is 398 g/mol. The average Bonchev–Trinajstić information content (AvgIpc) is 3.10. The van der Waals surface area contributed by atoms with Crippen molar-refractivity contribution in [3.05, 3.63) is 42.2 Å². The molecule has 1 aromatic carbocycles. The van der Waals surface area contributed by atoms with Crippen LogP contribution >= 0.6 is 0 Å². The lowest BCUT2D eigenvalue weighted by Crippen LogP contribution is -2.53. The van der Waals surface area contributed by atoms with E-state index in [0.717, 1.165) is 25.0 Å². The molecule has 1 amide bonds. The molecule has 0 unspecified atom stereocenters. The lowest BCUT2D eigenvalue weighted by Gasteiger charge is -2.27. The fourth-order valence-corrected chi connectivity index (χ4v) is 4.11. The van der Waals surface area contributed by atoms with E-state index in [1.165, 1.54) is 12.1 Å². The molecule has 2 N–H and O–H groups in total. The number of nitrogens with one attached hydrogen (secondary N) is 2. The van der Waals surface area contributed by atoms with Gasteiger partial charge in [0, 0.05) is 12.1 Å². The van der Waals surface area contributed by atoms with E-state index in [-0.39, 0.29) is 18.7 Å². The van der Waals surface area contributed by atoms with E-state index in [0.29, 0.717) is 12.8 Å². The first-order valence-electron chi connectivity index (χ1n) is 8.65. The highest BCUT2D eigenvalue weighted by Gasteiger charge is 2.44. The highest BCUT2D eigenvalue weighted by Crippen LogP contribution is 2.31. The lowest BCUT2D eigenvalue weighted by molar-refractivity contribution is -0.150. The zero-order chi connectivity index (χ0) is 20.1. The topological polar surface area (TPSA) is 102 Å². The van der Waals surface area contributed by atoms with Crippen LogP contribution in [0.5, 0.6) is 0 Å². The Morgan fingerprint density at radius 1 is 1.33 bits per heavy atom. The molecule has 0 bridgehead atoms. The van der Waals surface area contributed by atoms with Crippen molar-refractivity contribution in [2.45, 2.75) is 43.0 Å². The molecule has 27 heavy (non-hydrogen) atoms. The van der Waals surface area contributed by atoms with Gasteiger partial charge < -0.3 is 10.1 Å². The number of carbonyl (C=O) groups is 2. The van der Waals surface area contributed by atoms with Crippen molar-refractivity contribution in [1.82, 2.24) is 10.0 Å². The molecule has 0 spiro atoms. The second kappa shape index (κ2) is 8.62. The molecule has 2 rings (SSSR count). The summed E-state index contributed by atoms with van der Waals surface area (Å²) in [5, 5.41) is 2.67. The molecule has 1 aromatic rings. The highest BCUT2D eigenvalue weighted by molar-refractivity contribution is 7.89. The number of sulfonamides is 1. The summed E-state index contributed by atoms with van der Waals surface area (Å²) < 4.78 is 45.6. The smallest absolute Gasteiger partial charge is 0.331 e. The van der Waals surface area contributed by atoms with Crippen LogP contribution in [0.3, 0.4) is 0 Å². The Bertz CT molecular complexity index is 832.